The minimum Gasteiger partial charge on any atom is -0.200 e. The second kappa shape index (κ2) is 4.38. The van der Waals surface area contributed by atoms with Crippen molar-refractivity contribution < 1.29 is 0 Å². The highest BCUT2D eigenvalue weighted by atomic mass is 32.1. The molecule has 0 spiro atoms. The van der Waals surface area contributed by atoms with E-state index in [9.17, 15) is 0 Å². The van der Waals surface area contributed by atoms with E-state index < -0.39 is 0 Å². The van der Waals surface area contributed by atoms with Crippen LogP contribution in [-0.2, 0) is 0 Å². The fourth-order valence-corrected chi connectivity index (χ4v) is 2.01. The summed E-state index contributed by atoms with van der Waals surface area (Å²) in [6.45, 7) is 8.25. The molecule has 0 aliphatic rings. The molecule has 2 rings (SSSR count). The number of hydrogen-bond acceptors (Lipinski definition) is 2. The van der Waals surface area contributed by atoms with Crippen LogP contribution in [0.1, 0.15) is 25.0 Å². The molecule has 70 valence electrons. The van der Waals surface area contributed by atoms with Crippen molar-refractivity contribution in [2.45, 2.75) is 27.7 Å². The van der Waals surface area contributed by atoms with Crippen LogP contribution in [0.4, 0.5) is 0 Å². The Kier molecular flexibility index (Phi) is 3.43. The number of rotatable bonds is 0. The standard InChI is InChI=1S/C9H9NS.C2H6/c1-6-3-4-7(2)9-8(6)5-10-11-9;1-2/h3-5H,1-2H3;1-2H3. The quantitative estimate of drug-likeness (QED) is 0.617. The van der Waals surface area contributed by atoms with Gasteiger partial charge in [0.25, 0.3) is 0 Å². The summed E-state index contributed by atoms with van der Waals surface area (Å²) < 4.78 is 5.49. The molecule has 0 saturated carbocycles. The Hall–Kier alpha value is -0.890. The highest BCUT2D eigenvalue weighted by molar-refractivity contribution is 7.13. The van der Waals surface area contributed by atoms with E-state index >= 15 is 0 Å². The number of benzene rings is 1. The first-order valence-corrected chi connectivity index (χ1v) is 5.37. The van der Waals surface area contributed by atoms with Crippen molar-refractivity contribution >= 4 is 21.6 Å². The van der Waals surface area contributed by atoms with Crippen LogP contribution in [-0.4, -0.2) is 4.37 Å². The molecule has 0 amide bonds. The molecule has 0 unspecified atom stereocenters. The summed E-state index contributed by atoms with van der Waals surface area (Å²) in [5, 5.41) is 1.30. The summed E-state index contributed by atoms with van der Waals surface area (Å²) in [6.07, 6.45) is 1.95. The van der Waals surface area contributed by atoms with Crippen molar-refractivity contribution in [2.75, 3.05) is 0 Å². The van der Waals surface area contributed by atoms with E-state index in [1.807, 2.05) is 20.0 Å². The van der Waals surface area contributed by atoms with Gasteiger partial charge in [-0.2, -0.15) is 4.37 Å². The minimum absolute atomic E-state index is 1.30. The minimum atomic E-state index is 1.30. The summed E-state index contributed by atoms with van der Waals surface area (Å²) in [6, 6.07) is 4.29. The predicted molar refractivity (Wildman–Crippen MR) is 60.4 cm³/mol. The van der Waals surface area contributed by atoms with Crippen molar-refractivity contribution in [3.8, 4) is 0 Å². The first kappa shape index (κ1) is 10.2. The maximum Gasteiger partial charge on any atom is 0.0581 e. The summed E-state index contributed by atoms with van der Waals surface area (Å²) in [5.41, 5.74) is 2.65. The molecule has 0 saturated heterocycles. The Morgan fingerprint density at radius 1 is 1.08 bits per heavy atom. The maximum atomic E-state index is 4.16. The molecule has 0 N–H and O–H groups in total. The molecule has 0 aliphatic heterocycles. The fraction of sp³-hybridized carbons (Fsp3) is 0.364. The smallest absolute Gasteiger partial charge is 0.0581 e. The van der Waals surface area contributed by atoms with Crippen molar-refractivity contribution in [1.29, 1.82) is 0 Å². The third-order valence-corrected chi connectivity index (χ3v) is 2.87. The molecule has 0 radical (unpaired) electrons. The Morgan fingerprint density at radius 2 is 1.69 bits per heavy atom. The van der Waals surface area contributed by atoms with Gasteiger partial charge in [0.15, 0.2) is 0 Å². The van der Waals surface area contributed by atoms with Crippen molar-refractivity contribution in [3.05, 3.63) is 29.5 Å². The van der Waals surface area contributed by atoms with Crippen molar-refractivity contribution in [1.82, 2.24) is 4.37 Å². The molecule has 0 bridgehead atoms. The second-order valence-corrected chi connectivity index (χ2v) is 3.57. The number of aromatic nitrogens is 1. The van der Waals surface area contributed by atoms with Gasteiger partial charge in [-0.1, -0.05) is 26.0 Å². The molecule has 2 heteroatoms. The van der Waals surface area contributed by atoms with Gasteiger partial charge in [0.1, 0.15) is 0 Å². The monoisotopic (exact) mass is 193 g/mol. The van der Waals surface area contributed by atoms with Crippen LogP contribution in [0.25, 0.3) is 10.1 Å². The SMILES string of the molecule is CC.Cc1ccc(C)c2sncc12. The van der Waals surface area contributed by atoms with Gasteiger partial charge in [-0.15, -0.1) is 0 Å². The van der Waals surface area contributed by atoms with Gasteiger partial charge >= 0.3 is 0 Å². The predicted octanol–water partition coefficient (Wildman–Crippen LogP) is 3.94. The van der Waals surface area contributed by atoms with Crippen molar-refractivity contribution in [3.63, 3.8) is 0 Å². The third kappa shape index (κ3) is 1.89. The molecule has 2 aromatic rings. The Bertz CT molecular complexity index is 354. The lowest BCUT2D eigenvalue weighted by atomic mass is 10.1. The molecule has 0 fully saturated rings. The fourth-order valence-electron chi connectivity index (χ4n) is 1.22. The highest BCUT2D eigenvalue weighted by Gasteiger charge is 2.00. The van der Waals surface area contributed by atoms with E-state index in [2.05, 4.69) is 30.4 Å². The lowest BCUT2D eigenvalue weighted by Crippen LogP contribution is -1.75. The van der Waals surface area contributed by atoms with E-state index in [0.717, 1.165) is 0 Å². The largest absolute Gasteiger partial charge is 0.200 e. The Balaban J connectivity index is 0.000000396. The van der Waals surface area contributed by atoms with E-state index in [0.29, 0.717) is 0 Å². The lowest BCUT2D eigenvalue weighted by molar-refractivity contribution is 1.47. The van der Waals surface area contributed by atoms with Crippen LogP contribution in [0.2, 0.25) is 0 Å². The summed E-state index contributed by atoms with van der Waals surface area (Å²) in [5.74, 6) is 0. The first-order chi connectivity index (χ1) is 6.29. The van der Waals surface area contributed by atoms with E-state index in [1.54, 1.807) is 11.5 Å². The average Bonchev–Trinajstić information content (AvgIpc) is 2.64. The second-order valence-electron chi connectivity index (χ2n) is 2.77. The zero-order valence-corrected chi connectivity index (χ0v) is 9.40. The summed E-state index contributed by atoms with van der Waals surface area (Å²) in [4.78, 5) is 0. The third-order valence-electron chi connectivity index (χ3n) is 1.94. The molecule has 1 nitrogen and oxygen atoms in total. The van der Waals surface area contributed by atoms with Gasteiger partial charge in [-0.25, -0.2) is 0 Å². The normalized spacial score (nSPS) is 9.54. The van der Waals surface area contributed by atoms with Gasteiger partial charge in [-0.05, 0) is 36.5 Å². The van der Waals surface area contributed by atoms with E-state index in [4.69, 9.17) is 0 Å². The van der Waals surface area contributed by atoms with E-state index in [1.165, 1.54) is 21.2 Å². The first-order valence-electron chi connectivity index (χ1n) is 4.59. The number of nitrogens with zero attached hydrogens (tertiary/aromatic N) is 1. The molecule has 1 aromatic carbocycles. The maximum absolute atomic E-state index is 4.16. The number of hydrogen-bond donors (Lipinski definition) is 0. The van der Waals surface area contributed by atoms with Crippen LogP contribution in [0.3, 0.4) is 0 Å². The lowest BCUT2D eigenvalue weighted by Gasteiger charge is -1.96. The molecule has 13 heavy (non-hydrogen) atoms. The van der Waals surface area contributed by atoms with Gasteiger partial charge in [0.2, 0.25) is 0 Å². The highest BCUT2D eigenvalue weighted by Crippen LogP contribution is 2.24. The molecular weight excluding hydrogens is 178 g/mol. The molecule has 1 heterocycles. The number of fused-ring (bicyclic) bond motifs is 1. The number of aryl methyl sites for hydroxylation is 2. The average molecular weight is 193 g/mol. The molecule has 0 atom stereocenters. The van der Waals surface area contributed by atoms with Gasteiger partial charge in [0.05, 0.1) is 4.70 Å². The zero-order chi connectivity index (χ0) is 9.84. The van der Waals surface area contributed by atoms with Crippen LogP contribution < -0.4 is 0 Å². The van der Waals surface area contributed by atoms with Crippen LogP contribution in [0.5, 0.6) is 0 Å². The van der Waals surface area contributed by atoms with Crippen LogP contribution in [0, 0.1) is 13.8 Å². The Morgan fingerprint density at radius 3 is 2.31 bits per heavy atom. The van der Waals surface area contributed by atoms with Gasteiger partial charge in [-0.3, -0.25) is 0 Å². The summed E-state index contributed by atoms with van der Waals surface area (Å²) in [7, 11) is 0. The molecule has 1 aromatic heterocycles. The van der Waals surface area contributed by atoms with Crippen LogP contribution >= 0.6 is 11.5 Å². The molecule has 0 aliphatic carbocycles. The summed E-state index contributed by atoms with van der Waals surface area (Å²) >= 11 is 1.58. The van der Waals surface area contributed by atoms with Crippen LogP contribution in [0.15, 0.2) is 18.3 Å². The van der Waals surface area contributed by atoms with Gasteiger partial charge in [0, 0.05) is 11.6 Å². The zero-order valence-electron chi connectivity index (χ0n) is 8.59. The van der Waals surface area contributed by atoms with Gasteiger partial charge < -0.3 is 0 Å². The Labute approximate surface area is 83.6 Å². The topological polar surface area (TPSA) is 12.9 Å². The van der Waals surface area contributed by atoms with Crippen molar-refractivity contribution in [2.24, 2.45) is 0 Å². The van der Waals surface area contributed by atoms with E-state index in [-0.39, 0.29) is 0 Å². The molecular formula is C11H15NS.